The average molecular weight is 277 g/mol. The van der Waals surface area contributed by atoms with E-state index in [1.807, 2.05) is 0 Å². The van der Waals surface area contributed by atoms with Crippen molar-refractivity contribution in [3.8, 4) is 5.75 Å². The van der Waals surface area contributed by atoms with Crippen LogP contribution in [0.3, 0.4) is 0 Å². The molecule has 1 aromatic rings. The number of rotatable bonds is 5. The average Bonchev–Trinajstić information content (AvgIpc) is 2.52. The zero-order chi connectivity index (χ0) is 14.4. The number of hydrogen-bond acceptors (Lipinski definition) is 4. The van der Waals surface area contributed by atoms with Gasteiger partial charge in [-0.3, -0.25) is 4.79 Å². The molecule has 20 heavy (non-hydrogen) atoms. The molecule has 1 N–H and O–H groups in total. The van der Waals surface area contributed by atoms with Crippen molar-refractivity contribution < 1.29 is 19.4 Å². The maximum atomic E-state index is 12.3. The van der Waals surface area contributed by atoms with Gasteiger partial charge in [-0.05, 0) is 24.3 Å². The number of nitrogens with zero attached hydrogens (tertiary/aromatic N) is 1. The Kier molecular flexibility index (Phi) is 5.15. The van der Waals surface area contributed by atoms with Gasteiger partial charge in [0, 0.05) is 18.7 Å². The minimum Gasteiger partial charge on any atom is -0.490 e. The first-order valence-corrected chi connectivity index (χ1v) is 6.60. The summed E-state index contributed by atoms with van der Waals surface area (Å²) in [5.74, 6) is 0.652. The van der Waals surface area contributed by atoms with Gasteiger partial charge in [-0.1, -0.05) is 12.7 Å². The van der Waals surface area contributed by atoms with Gasteiger partial charge in [0.2, 0.25) is 0 Å². The summed E-state index contributed by atoms with van der Waals surface area (Å²) in [6, 6.07) is 7.01. The molecule has 108 valence electrons. The van der Waals surface area contributed by atoms with Crippen LogP contribution in [0.25, 0.3) is 0 Å². The second-order valence-corrected chi connectivity index (χ2v) is 4.55. The molecule has 2 rings (SSSR count). The molecular weight excluding hydrogens is 258 g/mol. The Balaban J connectivity index is 1.99. The lowest BCUT2D eigenvalue weighted by molar-refractivity contribution is -0.0447. The third-order valence-electron chi connectivity index (χ3n) is 3.10. The van der Waals surface area contributed by atoms with Crippen molar-refractivity contribution in [2.75, 3.05) is 32.9 Å². The van der Waals surface area contributed by atoms with Crippen LogP contribution in [-0.2, 0) is 4.74 Å². The molecule has 1 heterocycles. The molecule has 1 aromatic carbocycles. The van der Waals surface area contributed by atoms with Crippen molar-refractivity contribution in [3.05, 3.63) is 42.5 Å². The van der Waals surface area contributed by atoms with Gasteiger partial charge in [0.25, 0.3) is 5.91 Å². The maximum Gasteiger partial charge on any atom is 0.254 e. The van der Waals surface area contributed by atoms with Crippen molar-refractivity contribution in [3.63, 3.8) is 0 Å². The number of ether oxygens (including phenoxy) is 2. The van der Waals surface area contributed by atoms with Crippen LogP contribution in [0.1, 0.15) is 10.4 Å². The highest BCUT2D eigenvalue weighted by molar-refractivity contribution is 5.94. The quantitative estimate of drug-likeness (QED) is 0.818. The molecule has 0 aromatic heterocycles. The molecular formula is C15H19NO4. The van der Waals surface area contributed by atoms with Crippen LogP contribution in [0.5, 0.6) is 5.75 Å². The minimum atomic E-state index is -0.289. The monoisotopic (exact) mass is 277 g/mol. The molecule has 1 aliphatic heterocycles. The van der Waals surface area contributed by atoms with Crippen LogP contribution in [0.2, 0.25) is 0 Å². The Morgan fingerprint density at radius 1 is 1.50 bits per heavy atom. The van der Waals surface area contributed by atoms with Crippen LogP contribution in [0.4, 0.5) is 0 Å². The third kappa shape index (κ3) is 3.59. The van der Waals surface area contributed by atoms with Crippen molar-refractivity contribution in [1.29, 1.82) is 0 Å². The predicted molar refractivity (Wildman–Crippen MR) is 74.9 cm³/mol. The number of amides is 1. The molecule has 5 nitrogen and oxygen atoms in total. The second-order valence-electron chi connectivity index (χ2n) is 4.55. The number of benzene rings is 1. The van der Waals surface area contributed by atoms with Gasteiger partial charge in [-0.15, -0.1) is 0 Å². The van der Waals surface area contributed by atoms with Gasteiger partial charge in [0.1, 0.15) is 12.4 Å². The third-order valence-corrected chi connectivity index (χ3v) is 3.10. The molecule has 0 saturated carbocycles. The fourth-order valence-corrected chi connectivity index (χ4v) is 2.05. The van der Waals surface area contributed by atoms with E-state index < -0.39 is 0 Å². The van der Waals surface area contributed by atoms with Gasteiger partial charge < -0.3 is 19.5 Å². The zero-order valence-electron chi connectivity index (χ0n) is 11.3. The summed E-state index contributed by atoms with van der Waals surface area (Å²) in [5, 5.41) is 9.09. The predicted octanol–water partition coefficient (Wildman–Crippen LogP) is 1.08. The Morgan fingerprint density at radius 3 is 2.90 bits per heavy atom. The van der Waals surface area contributed by atoms with E-state index in [-0.39, 0.29) is 18.6 Å². The number of aliphatic hydroxyl groups is 1. The van der Waals surface area contributed by atoms with E-state index in [0.717, 1.165) is 0 Å². The zero-order valence-corrected chi connectivity index (χ0v) is 11.3. The normalized spacial score (nSPS) is 18.6. The molecule has 0 radical (unpaired) electrons. The number of morpholine rings is 1. The molecule has 1 amide bonds. The van der Waals surface area contributed by atoms with E-state index in [1.54, 1.807) is 35.2 Å². The lowest BCUT2D eigenvalue weighted by atomic mass is 10.1. The van der Waals surface area contributed by atoms with E-state index in [4.69, 9.17) is 14.6 Å². The number of aliphatic hydroxyl groups excluding tert-OH is 1. The highest BCUT2D eigenvalue weighted by atomic mass is 16.5. The molecule has 1 atom stereocenters. The smallest absolute Gasteiger partial charge is 0.254 e. The highest BCUT2D eigenvalue weighted by Gasteiger charge is 2.24. The lowest BCUT2D eigenvalue weighted by Crippen LogP contribution is -2.46. The first-order chi connectivity index (χ1) is 9.74. The largest absolute Gasteiger partial charge is 0.490 e. The number of carbonyl (C=O) groups excluding carboxylic acids is 1. The summed E-state index contributed by atoms with van der Waals surface area (Å²) >= 11 is 0. The van der Waals surface area contributed by atoms with Gasteiger partial charge in [0.15, 0.2) is 0 Å². The number of hydrogen-bond donors (Lipinski definition) is 1. The Hall–Kier alpha value is -1.85. The van der Waals surface area contributed by atoms with Crippen LogP contribution < -0.4 is 4.74 Å². The van der Waals surface area contributed by atoms with Crippen LogP contribution in [-0.4, -0.2) is 54.9 Å². The molecule has 0 spiro atoms. The van der Waals surface area contributed by atoms with E-state index in [1.165, 1.54) is 0 Å². The molecule has 0 aliphatic carbocycles. The van der Waals surface area contributed by atoms with Crippen molar-refractivity contribution >= 4 is 5.91 Å². The van der Waals surface area contributed by atoms with E-state index in [0.29, 0.717) is 37.6 Å². The summed E-state index contributed by atoms with van der Waals surface area (Å²) in [6.45, 7) is 5.37. The standard InChI is InChI=1S/C15H19NO4/c1-2-8-19-13-5-3-12(4-6-13)15(18)16-7-9-20-14(10-16)11-17/h2-6,14,17H,1,7-11H2. The molecule has 1 saturated heterocycles. The van der Waals surface area contributed by atoms with Crippen LogP contribution in [0, 0.1) is 0 Å². The van der Waals surface area contributed by atoms with Gasteiger partial charge >= 0.3 is 0 Å². The molecule has 1 aliphatic rings. The SMILES string of the molecule is C=CCOc1ccc(C(=O)N2CCOC(CO)C2)cc1. The Labute approximate surface area is 118 Å². The molecule has 1 fully saturated rings. The lowest BCUT2D eigenvalue weighted by Gasteiger charge is -2.32. The van der Waals surface area contributed by atoms with Crippen molar-refractivity contribution in [1.82, 2.24) is 4.90 Å². The highest BCUT2D eigenvalue weighted by Crippen LogP contribution is 2.15. The Morgan fingerprint density at radius 2 is 2.25 bits per heavy atom. The molecule has 0 bridgehead atoms. The van der Waals surface area contributed by atoms with Crippen LogP contribution in [0.15, 0.2) is 36.9 Å². The fraction of sp³-hybridized carbons (Fsp3) is 0.400. The van der Waals surface area contributed by atoms with Crippen molar-refractivity contribution in [2.45, 2.75) is 6.10 Å². The van der Waals surface area contributed by atoms with E-state index in [2.05, 4.69) is 6.58 Å². The van der Waals surface area contributed by atoms with Gasteiger partial charge in [0.05, 0.1) is 19.3 Å². The van der Waals surface area contributed by atoms with Gasteiger partial charge in [-0.2, -0.15) is 0 Å². The first kappa shape index (κ1) is 14.6. The van der Waals surface area contributed by atoms with Crippen LogP contribution >= 0.6 is 0 Å². The van der Waals surface area contributed by atoms with E-state index in [9.17, 15) is 4.79 Å². The summed E-state index contributed by atoms with van der Waals surface area (Å²) in [6.07, 6.45) is 1.38. The summed E-state index contributed by atoms with van der Waals surface area (Å²) < 4.78 is 10.7. The van der Waals surface area contributed by atoms with Gasteiger partial charge in [-0.25, -0.2) is 0 Å². The molecule has 1 unspecified atom stereocenters. The summed E-state index contributed by atoms with van der Waals surface area (Å²) in [5.41, 5.74) is 0.606. The summed E-state index contributed by atoms with van der Waals surface area (Å²) in [4.78, 5) is 14.0. The fourth-order valence-electron chi connectivity index (χ4n) is 2.05. The van der Waals surface area contributed by atoms with Crippen molar-refractivity contribution in [2.24, 2.45) is 0 Å². The topological polar surface area (TPSA) is 59.0 Å². The van der Waals surface area contributed by atoms with E-state index >= 15 is 0 Å². The number of carbonyl (C=O) groups is 1. The Bertz CT molecular complexity index is 457. The maximum absolute atomic E-state index is 12.3. The molecule has 5 heteroatoms. The summed E-state index contributed by atoms with van der Waals surface area (Å²) in [7, 11) is 0. The first-order valence-electron chi connectivity index (χ1n) is 6.60. The minimum absolute atomic E-state index is 0.0537. The second kappa shape index (κ2) is 7.07.